The lowest BCUT2D eigenvalue weighted by atomic mass is 10.2. The average Bonchev–Trinajstić information content (AvgIpc) is 3.23. The van der Waals surface area contributed by atoms with Gasteiger partial charge < -0.3 is 14.8 Å². The summed E-state index contributed by atoms with van der Waals surface area (Å²) >= 11 is 0. The van der Waals surface area contributed by atoms with Crippen molar-refractivity contribution in [3.8, 4) is 11.6 Å². The minimum atomic E-state index is -0.961. The van der Waals surface area contributed by atoms with Crippen LogP contribution in [0.3, 0.4) is 0 Å². The van der Waals surface area contributed by atoms with Crippen molar-refractivity contribution in [2.45, 2.75) is 39.9 Å². The number of pyridine rings is 2. The van der Waals surface area contributed by atoms with Crippen molar-refractivity contribution in [3.05, 3.63) is 60.4 Å². The zero-order chi connectivity index (χ0) is 23.4. The first-order chi connectivity index (χ1) is 15.9. The number of nitrogens with one attached hydrogen (secondary N) is 1. The number of ether oxygens (including phenoxy) is 2. The fourth-order valence-corrected chi connectivity index (χ4v) is 3.10. The molecule has 10 heteroatoms. The van der Waals surface area contributed by atoms with Crippen molar-refractivity contribution < 1.29 is 14.3 Å². The Bertz CT molecular complexity index is 1250. The van der Waals surface area contributed by atoms with Gasteiger partial charge in [0.25, 0.3) is 5.91 Å². The van der Waals surface area contributed by atoms with Crippen molar-refractivity contribution >= 4 is 22.8 Å². The second-order valence-electron chi connectivity index (χ2n) is 7.83. The first-order valence-electron chi connectivity index (χ1n) is 10.5. The van der Waals surface area contributed by atoms with Gasteiger partial charge in [-0.25, -0.2) is 19.6 Å². The molecule has 0 saturated carbocycles. The maximum absolute atomic E-state index is 13.0. The minimum absolute atomic E-state index is 0.0384. The molecule has 33 heavy (non-hydrogen) atoms. The van der Waals surface area contributed by atoms with Crippen molar-refractivity contribution in [2.75, 3.05) is 11.9 Å². The predicted octanol–water partition coefficient (Wildman–Crippen LogP) is 3.03. The summed E-state index contributed by atoms with van der Waals surface area (Å²) in [5.41, 5.74) is 3.32. The molecule has 0 saturated heterocycles. The Labute approximate surface area is 191 Å². The average molecular weight is 447 g/mol. The first kappa shape index (κ1) is 22.3. The van der Waals surface area contributed by atoms with Crippen molar-refractivity contribution in [1.82, 2.24) is 29.7 Å². The van der Waals surface area contributed by atoms with Gasteiger partial charge >= 0.3 is 0 Å². The summed E-state index contributed by atoms with van der Waals surface area (Å²) in [6, 6.07) is 5.49. The van der Waals surface area contributed by atoms with Crippen LogP contribution in [0.2, 0.25) is 0 Å². The molecule has 4 heterocycles. The highest BCUT2D eigenvalue weighted by Gasteiger charge is 2.25. The van der Waals surface area contributed by atoms with Crippen LogP contribution >= 0.6 is 0 Å². The second kappa shape index (κ2) is 9.70. The van der Waals surface area contributed by atoms with E-state index in [4.69, 9.17) is 9.47 Å². The Kier molecular flexibility index (Phi) is 6.55. The number of amides is 1. The van der Waals surface area contributed by atoms with Gasteiger partial charge in [-0.15, -0.1) is 0 Å². The van der Waals surface area contributed by atoms with Crippen LogP contribution in [0.5, 0.6) is 5.88 Å². The van der Waals surface area contributed by atoms with E-state index in [2.05, 4.69) is 30.4 Å². The highest BCUT2D eigenvalue weighted by Crippen LogP contribution is 2.25. The monoisotopic (exact) mass is 447 g/mol. The fraction of sp³-hybridized carbons (Fsp3) is 0.304. The lowest BCUT2D eigenvalue weighted by Crippen LogP contribution is -2.38. The van der Waals surface area contributed by atoms with E-state index in [1.165, 1.54) is 6.33 Å². The smallest absolute Gasteiger partial charge is 0.269 e. The van der Waals surface area contributed by atoms with E-state index < -0.39 is 12.0 Å². The number of aromatic nitrogens is 6. The molecular weight excluding hydrogens is 422 g/mol. The van der Waals surface area contributed by atoms with E-state index in [1.54, 1.807) is 35.5 Å². The lowest BCUT2D eigenvalue weighted by molar-refractivity contribution is -0.126. The van der Waals surface area contributed by atoms with Gasteiger partial charge in [0.2, 0.25) is 12.0 Å². The third-order valence-corrected chi connectivity index (χ3v) is 4.86. The summed E-state index contributed by atoms with van der Waals surface area (Å²) in [4.78, 5) is 30.0. The van der Waals surface area contributed by atoms with E-state index in [9.17, 15) is 4.79 Å². The molecule has 4 rings (SSSR count). The standard InChI is InChI=1S/C23H25N7O3/c1-14(2)32-12-19(22(31)29-20-6-5-15(3)9-25-20)33-23-17-10-28-30(21(17)26-13-27-23)18-11-24-8-7-16(18)4/h5-11,13-14,19H,12H2,1-4H3,(H,25,29,31)/t19-/m0/s1. The maximum atomic E-state index is 13.0. The molecule has 0 aliphatic heterocycles. The molecule has 0 aliphatic rings. The third kappa shape index (κ3) is 5.12. The molecule has 0 unspecified atom stereocenters. The topological polar surface area (TPSA) is 117 Å². The summed E-state index contributed by atoms with van der Waals surface area (Å²) in [6.07, 6.45) is 7.05. The Morgan fingerprint density at radius 3 is 2.67 bits per heavy atom. The molecule has 0 aliphatic carbocycles. The van der Waals surface area contributed by atoms with Crippen LogP contribution in [0.4, 0.5) is 5.82 Å². The van der Waals surface area contributed by atoms with Gasteiger partial charge in [-0.3, -0.25) is 9.78 Å². The lowest BCUT2D eigenvalue weighted by Gasteiger charge is -2.19. The zero-order valence-electron chi connectivity index (χ0n) is 18.9. The maximum Gasteiger partial charge on any atom is 0.269 e. The van der Waals surface area contributed by atoms with Gasteiger partial charge in [0, 0.05) is 12.4 Å². The number of hydrogen-bond acceptors (Lipinski definition) is 8. The van der Waals surface area contributed by atoms with Crippen LogP contribution in [-0.4, -0.2) is 54.4 Å². The van der Waals surface area contributed by atoms with E-state index in [0.717, 1.165) is 16.8 Å². The molecule has 0 radical (unpaired) electrons. The molecule has 170 valence electrons. The van der Waals surface area contributed by atoms with E-state index in [-0.39, 0.29) is 18.6 Å². The Morgan fingerprint density at radius 2 is 1.94 bits per heavy atom. The molecule has 0 spiro atoms. The van der Waals surface area contributed by atoms with Crippen molar-refractivity contribution in [2.24, 2.45) is 0 Å². The largest absolute Gasteiger partial charge is 0.461 e. The van der Waals surface area contributed by atoms with Gasteiger partial charge in [-0.1, -0.05) is 6.07 Å². The molecule has 1 N–H and O–H groups in total. The predicted molar refractivity (Wildman–Crippen MR) is 122 cm³/mol. The van der Waals surface area contributed by atoms with Gasteiger partial charge in [0.1, 0.15) is 17.5 Å². The zero-order valence-corrected chi connectivity index (χ0v) is 18.9. The molecule has 0 fully saturated rings. The first-order valence-corrected chi connectivity index (χ1v) is 10.5. The summed E-state index contributed by atoms with van der Waals surface area (Å²) < 4.78 is 13.4. The van der Waals surface area contributed by atoms with Crippen LogP contribution in [-0.2, 0) is 9.53 Å². The molecule has 4 aromatic rings. The molecule has 1 atom stereocenters. The molecule has 4 aromatic heterocycles. The molecular formula is C23H25N7O3. The number of carbonyl (C=O) groups is 1. The highest BCUT2D eigenvalue weighted by atomic mass is 16.5. The quantitative estimate of drug-likeness (QED) is 0.438. The minimum Gasteiger partial charge on any atom is -0.461 e. The van der Waals surface area contributed by atoms with Crippen LogP contribution < -0.4 is 10.1 Å². The molecule has 0 aromatic carbocycles. The number of fused-ring (bicyclic) bond motifs is 1. The summed E-state index contributed by atoms with van der Waals surface area (Å²) in [7, 11) is 0. The van der Waals surface area contributed by atoms with Crippen molar-refractivity contribution in [1.29, 1.82) is 0 Å². The van der Waals surface area contributed by atoms with Crippen LogP contribution in [0, 0.1) is 13.8 Å². The number of nitrogens with zero attached hydrogens (tertiary/aromatic N) is 6. The Morgan fingerprint density at radius 1 is 1.09 bits per heavy atom. The molecule has 0 bridgehead atoms. The van der Waals surface area contributed by atoms with Crippen molar-refractivity contribution in [3.63, 3.8) is 0 Å². The van der Waals surface area contributed by atoms with Gasteiger partial charge in [0.05, 0.1) is 30.8 Å². The van der Waals surface area contributed by atoms with E-state index in [1.807, 2.05) is 39.8 Å². The summed E-state index contributed by atoms with van der Waals surface area (Å²) in [6.45, 7) is 7.70. The third-order valence-electron chi connectivity index (χ3n) is 4.86. The number of hydrogen-bond donors (Lipinski definition) is 1. The number of rotatable bonds is 8. The Hall–Kier alpha value is -3.92. The van der Waals surface area contributed by atoms with Crippen LogP contribution in [0.15, 0.2) is 49.3 Å². The van der Waals surface area contributed by atoms with Crippen LogP contribution in [0.1, 0.15) is 25.0 Å². The molecule has 10 nitrogen and oxygen atoms in total. The van der Waals surface area contributed by atoms with Gasteiger partial charge in [-0.2, -0.15) is 5.10 Å². The number of carbonyl (C=O) groups excluding carboxylic acids is 1. The summed E-state index contributed by atoms with van der Waals surface area (Å²) in [5.74, 6) is 0.267. The SMILES string of the molecule is Cc1ccc(NC(=O)[C@H](COC(C)C)Oc2ncnc3c2cnn3-c2cnccc2C)nc1. The second-order valence-corrected chi connectivity index (χ2v) is 7.83. The van der Waals surface area contributed by atoms with Gasteiger partial charge in [0.15, 0.2) is 5.65 Å². The normalized spacial score (nSPS) is 12.2. The highest BCUT2D eigenvalue weighted by molar-refractivity contribution is 5.94. The van der Waals surface area contributed by atoms with Crippen LogP contribution in [0.25, 0.3) is 16.7 Å². The fourth-order valence-electron chi connectivity index (χ4n) is 3.10. The number of aryl methyl sites for hydroxylation is 2. The number of anilines is 1. The summed E-state index contributed by atoms with van der Waals surface area (Å²) in [5, 5.41) is 7.78. The van der Waals surface area contributed by atoms with E-state index >= 15 is 0 Å². The molecule has 1 amide bonds. The van der Waals surface area contributed by atoms with E-state index in [0.29, 0.717) is 16.9 Å². The van der Waals surface area contributed by atoms with Gasteiger partial charge in [-0.05, 0) is 51.0 Å². The Balaban J connectivity index is 1.62.